The zero-order valence-corrected chi connectivity index (χ0v) is 37.2. The second-order valence-electron chi connectivity index (χ2n) is 14.4. The lowest BCUT2D eigenvalue weighted by molar-refractivity contribution is 0.0717. The Labute approximate surface area is 376 Å². The number of aryl methyl sites for hydroxylation is 2. The van der Waals surface area contributed by atoms with E-state index in [1.165, 1.54) is 102 Å². The zero-order valence-electron chi connectivity index (χ0n) is 37.2. The molecule has 0 spiro atoms. The summed E-state index contributed by atoms with van der Waals surface area (Å²) in [6.07, 6.45) is 1.82. The van der Waals surface area contributed by atoms with E-state index in [2.05, 4.69) is 6.92 Å². The molecule has 0 heterocycles. The zero-order chi connectivity index (χ0) is 46.6. The Morgan fingerprint density at radius 1 is 0.400 bits per heavy atom. The highest BCUT2D eigenvalue weighted by Gasteiger charge is 2.22. The average molecular weight is 885 g/mol. The summed E-state index contributed by atoms with van der Waals surface area (Å²) in [5.41, 5.74) is 3.85. The molecule has 14 nitrogen and oxygen atoms in total. The first-order valence-corrected chi connectivity index (χ1v) is 20.4. The van der Waals surface area contributed by atoms with Crippen LogP contribution in [0.4, 0.5) is 0 Å². The molecule has 0 unspecified atom stereocenters. The quantitative estimate of drug-likeness (QED) is 0.0456. The van der Waals surface area contributed by atoms with Gasteiger partial charge in [0, 0.05) is 24.3 Å². The Kier molecular flexibility index (Phi) is 15.3. The third-order valence-electron chi connectivity index (χ3n) is 10.1. The SMILES string of the molecule is CCCCOc1cc(OC)c(C(=O)Oc2ccc(C(=O)Oc3ccc(-c4ccc(OC(=O)c5ccc(OC(=O)c6cc(OC)c(OC)cc6OC)cc5)c(C)c4)cc3C)cc2)cc1OC. The molecule has 0 saturated carbocycles. The third kappa shape index (κ3) is 11.2. The van der Waals surface area contributed by atoms with E-state index in [9.17, 15) is 19.2 Å². The topological polar surface area (TPSA) is 161 Å². The lowest BCUT2D eigenvalue weighted by Gasteiger charge is -2.15. The summed E-state index contributed by atoms with van der Waals surface area (Å²) in [6.45, 7) is 6.19. The molecule has 65 heavy (non-hydrogen) atoms. The minimum atomic E-state index is -0.694. The number of unbranched alkanes of at least 4 members (excludes halogenated alkanes) is 1. The van der Waals surface area contributed by atoms with Gasteiger partial charge in [0.15, 0.2) is 23.0 Å². The first-order valence-electron chi connectivity index (χ1n) is 20.4. The molecule has 0 radical (unpaired) electrons. The molecule has 0 aliphatic carbocycles. The Bertz CT molecular complexity index is 2690. The van der Waals surface area contributed by atoms with Crippen molar-refractivity contribution in [3.8, 4) is 68.6 Å². The summed E-state index contributed by atoms with van der Waals surface area (Å²) in [5, 5.41) is 0. The number of methoxy groups -OCH3 is 5. The normalized spacial score (nSPS) is 10.6. The van der Waals surface area contributed by atoms with E-state index in [0.29, 0.717) is 52.2 Å². The average Bonchev–Trinajstić information content (AvgIpc) is 3.32. The van der Waals surface area contributed by atoms with Gasteiger partial charge in [-0.05, 0) is 115 Å². The van der Waals surface area contributed by atoms with E-state index in [1.54, 1.807) is 18.2 Å². The number of hydrogen-bond donors (Lipinski definition) is 0. The number of ether oxygens (including phenoxy) is 10. The van der Waals surface area contributed by atoms with Crippen LogP contribution in [0.1, 0.15) is 72.3 Å². The smallest absolute Gasteiger partial charge is 0.347 e. The van der Waals surface area contributed by atoms with Crippen LogP contribution in [-0.2, 0) is 0 Å². The van der Waals surface area contributed by atoms with E-state index in [0.717, 1.165) is 24.0 Å². The van der Waals surface area contributed by atoms with E-state index < -0.39 is 23.9 Å². The molecular weight excluding hydrogens is 837 g/mol. The van der Waals surface area contributed by atoms with Gasteiger partial charge >= 0.3 is 23.9 Å². The Balaban J connectivity index is 1.04. The number of rotatable bonds is 18. The van der Waals surface area contributed by atoms with Gasteiger partial charge in [-0.3, -0.25) is 0 Å². The van der Waals surface area contributed by atoms with E-state index in [-0.39, 0.29) is 45.3 Å². The van der Waals surface area contributed by atoms with Crippen LogP contribution in [0, 0.1) is 13.8 Å². The van der Waals surface area contributed by atoms with Crippen LogP contribution in [0.15, 0.2) is 109 Å². The van der Waals surface area contributed by atoms with Crippen LogP contribution in [0.2, 0.25) is 0 Å². The molecule has 6 aromatic carbocycles. The molecule has 6 aromatic rings. The molecule has 0 N–H and O–H groups in total. The number of esters is 4. The predicted molar refractivity (Wildman–Crippen MR) is 240 cm³/mol. The molecule has 14 heteroatoms. The molecule has 0 amide bonds. The highest BCUT2D eigenvalue weighted by molar-refractivity contribution is 5.97. The number of carbonyl (C=O) groups excluding carboxylic acids is 4. The minimum absolute atomic E-state index is 0.125. The van der Waals surface area contributed by atoms with Crippen LogP contribution in [-0.4, -0.2) is 66.0 Å². The largest absolute Gasteiger partial charge is 0.496 e. The molecule has 336 valence electrons. The van der Waals surface area contributed by atoms with Crippen molar-refractivity contribution in [2.24, 2.45) is 0 Å². The van der Waals surface area contributed by atoms with Gasteiger partial charge in [-0.15, -0.1) is 0 Å². The second kappa shape index (κ2) is 21.4. The third-order valence-corrected chi connectivity index (χ3v) is 10.1. The Hall–Kier alpha value is -8.00. The molecule has 0 saturated heterocycles. The van der Waals surface area contributed by atoms with Gasteiger partial charge in [-0.25, -0.2) is 19.2 Å². The standard InChI is InChI=1S/C51H48O14/c1-9-10-23-61-47-29-43(57-5)39(27-45(47)59-7)51(55)63-37-19-13-33(14-20-37)49(53)65-41-22-16-35(25-31(41)3)34-15-21-40(30(2)24-34)64-48(52)32-11-17-36(18-12-32)62-50(54)38-26-44(58-6)46(60-8)28-42(38)56-4/h11-22,24-29H,9-10,23H2,1-8H3. The summed E-state index contributed by atoms with van der Waals surface area (Å²) < 4.78 is 55.2. The molecule has 6 rings (SSSR count). The molecule has 0 aliphatic rings. The Morgan fingerprint density at radius 3 is 1.17 bits per heavy atom. The van der Waals surface area contributed by atoms with Crippen LogP contribution in [0.3, 0.4) is 0 Å². The first kappa shape index (κ1) is 46.5. The highest BCUT2D eigenvalue weighted by atomic mass is 16.6. The van der Waals surface area contributed by atoms with Crippen molar-refractivity contribution in [3.05, 3.63) is 143 Å². The first-order chi connectivity index (χ1) is 31.4. The van der Waals surface area contributed by atoms with Crippen LogP contribution < -0.4 is 47.4 Å². The maximum atomic E-state index is 13.2. The fraction of sp³-hybridized carbons (Fsp3) is 0.216. The van der Waals surface area contributed by atoms with Gasteiger partial charge in [0.25, 0.3) is 0 Å². The van der Waals surface area contributed by atoms with Gasteiger partial charge in [0.1, 0.15) is 45.6 Å². The van der Waals surface area contributed by atoms with Crippen molar-refractivity contribution in [1.82, 2.24) is 0 Å². The lowest BCUT2D eigenvalue weighted by Crippen LogP contribution is -2.12. The molecule has 0 aliphatic heterocycles. The van der Waals surface area contributed by atoms with E-state index >= 15 is 0 Å². The van der Waals surface area contributed by atoms with Crippen LogP contribution >= 0.6 is 0 Å². The van der Waals surface area contributed by atoms with Gasteiger partial charge in [-0.1, -0.05) is 25.5 Å². The number of hydrogen-bond acceptors (Lipinski definition) is 14. The monoisotopic (exact) mass is 884 g/mol. The maximum absolute atomic E-state index is 13.2. The summed E-state index contributed by atoms with van der Waals surface area (Å²) in [4.78, 5) is 52.4. The van der Waals surface area contributed by atoms with Crippen molar-refractivity contribution in [2.45, 2.75) is 33.6 Å². The molecule has 0 aromatic heterocycles. The van der Waals surface area contributed by atoms with Crippen molar-refractivity contribution >= 4 is 23.9 Å². The van der Waals surface area contributed by atoms with Gasteiger partial charge < -0.3 is 47.4 Å². The van der Waals surface area contributed by atoms with Gasteiger partial charge in [0.2, 0.25) is 0 Å². The fourth-order valence-corrected chi connectivity index (χ4v) is 6.50. The molecule has 0 bridgehead atoms. The highest BCUT2D eigenvalue weighted by Crippen LogP contribution is 2.37. The molecule has 0 fully saturated rings. The lowest BCUT2D eigenvalue weighted by atomic mass is 10.0. The summed E-state index contributed by atoms with van der Waals surface area (Å²) in [7, 11) is 7.27. The van der Waals surface area contributed by atoms with Crippen molar-refractivity contribution < 1.29 is 66.5 Å². The predicted octanol–water partition coefficient (Wildman–Crippen LogP) is 10.1. The maximum Gasteiger partial charge on any atom is 0.347 e. The Morgan fingerprint density at radius 2 is 0.785 bits per heavy atom. The van der Waals surface area contributed by atoms with Crippen molar-refractivity contribution in [1.29, 1.82) is 0 Å². The summed E-state index contributed by atoms with van der Waals surface area (Å²) >= 11 is 0. The van der Waals surface area contributed by atoms with Crippen molar-refractivity contribution in [2.75, 3.05) is 42.2 Å². The number of benzene rings is 6. The molecule has 0 atom stereocenters. The molecular formula is C51H48O14. The van der Waals surface area contributed by atoms with Crippen LogP contribution in [0.25, 0.3) is 11.1 Å². The van der Waals surface area contributed by atoms with Gasteiger partial charge in [-0.2, -0.15) is 0 Å². The van der Waals surface area contributed by atoms with E-state index in [4.69, 9.17) is 47.4 Å². The summed E-state index contributed by atoms with van der Waals surface area (Å²) in [5.74, 6) is 0.578. The summed E-state index contributed by atoms with van der Waals surface area (Å²) in [6, 6.07) is 28.8. The van der Waals surface area contributed by atoms with Gasteiger partial charge in [0.05, 0.1) is 53.3 Å². The number of carbonyl (C=O) groups is 4. The second-order valence-corrected chi connectivity index (χ2v) is 14.4. The minimum Gasteiger partial charge on any atom is -0.496 e. The fourth-order valence-electron chi connectivity index (χ4n) is 6.50. The van der Waals surface area contributed by atoms with E-state index in [1.807, 2.05) is 38.1 Å². The van der Waals surface area contributed by atoms with Crippen LogP contribution in [0.5, 0.6) is 57.5 Å². The van der Waals surface area contributed by atoms with Crippen molar-refractivity contribution in [3.63, 3.8) is 0 Å².